The summed E-state index contributed by atoms with van der Waals surface area (Å²) in [6, 6.07) is 11.4. The van der Waals surface area contributed by atoms with E-state index in [9.17, 15) is 8.42 Å². The molecule has 1 saturated heterocycles. The second-order valence-corrected chi connectivity index (χ2v) is 9.34. The highest BCUT2D eigenvalue weighted by atomic mass is 127. The predicted molar refractivity (Wildman–Crippen MR) is 124 cm³/mol. The van der Waals surface area contributed by atoms with Crippen LogP contribution in [0.15, 0.2) is 35.3 Å². The Hall–Kier alpha value is -0.870. The van der Waals surface area contributed by atoms with Crippen LogP contribution in [-0.2, 0) is 16.4 Å². The molecule has 1 aromatic rings. The van der Waals surface area contributed by atoms with Crippen molar-refractivity contribution in [3.05, 3.63) is 35.9 Å². The van der Waals surface area contributed by atoms with Crippen molar-refractivity contribution in [3.8, 4) is 0 Å². The molecule has 1 aliphatic rings. The third-order valence-corrected chi connectivity index (χ3v) is 5.59. The minimum atomic E-state index is -2.92. The maximum atomic E-state index is 11.2. The van der Waals surface area contributed by atoms with Crippen LogP contribution in [0.3, 0.4) is 0 Å². The topological polar surface area (TPSA) is 73.8 Å². The van der Waals surface area contributed by atoms with Gasteiger partial charge in [-0.15, -0.1) is 24.0 Å². The molecule has 0 bridgehead atoms. The lowest BCUT2D eigenvalue weighted by Gasteiger charge is -2.21. The van der Waals surface area contributed by atoms with Crippen LogP contribution in [0.2, 0.25) is 0 Å². The molecule has 2 unspecified atom stereocenters. The molecule has 0 saturated carbocycles. The standard InChI is InChI=1S/C19H32N4O2S.HI/c1-4-20-19(21-11-8-12-26(3,24)25)22-18-13-16(2)23(15-18)14-17-9-6-5-7-10-17;/h5-7,9-10,16,18H,4,8,11-15H2,1-3H3,(H2,20,21,22);1H. The van der Waals surface area contributed by atoms with Crippen molar-refractivity contribution in [1.29, 1.82) is 0 Å². The number of sulfone groups is 1. The van der Waals surface area contributed by atoms with Crippen molar-refractivity contribution < 1.29 is 8.42 Å². The van der Waals surface area contributed by atoms with Crippen molar-refractivity contribution in [2.75, 3.05) is 31.6 Å². The molecule has 0 amide bonds. The van der Waals surface area contributed by atoms with E-state index in [4.69, 9.17) is 0 Å². The summed E-state index contributed by atoms with van der Waals surface area (Å²) in [5.41, 5.74) is 1.33. The van der Waals surface area contributed by atoms with Gasteiger partial charge in [0.25, 0.3) is 0 Å². The van der Waals surface area contributed by atoms with Gasteiger partial charge in [-0.2, -0.15) is 0 Å². The van der Waals surface area contributed by atoms with Crippen LogP contribution < -0.4 is 10.6 Å². The summed E-state index contributed by atoms with van der Waals surface area (Å²) in [7, 11) is -2.92. The molecule has 154 valence electrons. The monoisotopic (exact) mass is 508 g/mol. The lowest BCUT2D eigenvalue weighted by atomic mass is 10.2. The van der Waals surface area contributed by atoms with Gasteiger partial charge in [0.1, 0.15) is 9.84 Å². The number of likely N-dealkylation sites (tertiary alicyclic amines) is 1. The van der Waals surface area contributed by atoms with Gasteiger partial charge in [-0.05, 0) is 32.3 Å². The molecular weight excluding hydrogens is 475 g/mol. The van der Waals surface area contributed by atoms with Crippen molar-refractivity contribution in [1.82, 2.24) is 15.5 Å². The van der Waals surface area contributed by atoms with Crippen molar-refractivity contribution in [3.63, 3.8) is 0 Å². The highest BCUT2D eigenvalue weighted by Gasteiger charge is 2.29. The first kappa shape index (κ1) is 24.2. The maximum absolute atomic E-state index is 11.2. The van der Waals surface area contributed by atoms with E-state index in [0.29, 0.717) is 25.0 Å². The summed E-state index contributed by atoms with van der Waals surface area (Å²) in [5, 5.41) is 6.77. The minimum Gasteiger partial charge on any atom is -0.357 e. The summed E-state index contributed by atoms with van der Waals surface area (Å²) >= 11 is 0. The van der Waals surface area contributed by atoms with E-state index in [1.165, 1.54) is 11.8 Å². The molecule has 1 aliphatic heterocycles. The van der Waals surface area contributed by atoms with E-state index in [1.54, 1.807) is 0 Å². The van der Waals surface area contributed by atoms with Crippen LogP contribution in [0.4, 0.5) is 0 Å². The van der Waals surface area contributed by atoms with Crippen LogP contribution in [0.1, 0.15) is 32.3 Å². The number of hydrogen-bond donors (Lipinski definition) is 2. The molecule has 1 heterocycles. The number of nitrogens with one attached hydrogen (secondary N) is 2. The van der Waals surface area contributed by atoms with Crippen molar-refractivity contribution in [2.24, 2.45) is 4.99 Å². The SMILES string of the molecule is CCNC(=NCCCS(C)(=O)=O)NC1CC(C)N(Cc2ccccc2)C1.I. The number of nitrogens with zero attached hydrogens (tertiary/aromatic N) is 2. The van der Waals surface area contributed by atoms with Gasteiger partial charge in [0.2, 0.25) is 0 Å². The average Bonchev–Trinajstić information content (AvgIpc) is 2.91. The molecule has 2 rings (SSSR count). The summed E-state index contributed by atoms with van der Waals surface area (Å²) in [6.45, 7) is 7.53. The zero-order valence-electron chi connectivity index (χ0n) is 16.5. The Balaban J connectivity index is 0.00000364. The lowest BCUT2D eigenvalue weighted by Crippen LogP contribution is -2.44. The van der Waals surface area contributed by atoms with E-state index in [1.807, 2.05) is 13.0 Å². The van der Waals surface area contributed by atoms with Crippen LogP contribution in [0.5, 0.6) is 0 Å². The molecule has 1 aromatic carbocycles. The molecule has 0 aromatic heterocycles. The highest BCUT2D eigenvalue weighted by molar-refractivity contribution is 14.0. The lowest BCUT2D eigenvalue weighted by molar-refractivity contribution is 0.258. The van der Waals surface area contributed by atoms with Gasteiger partial charge >= 0.3 is 0 Å². The summed E-state index contributed by atoms with van der Waals surface area (Å²) in [5.74, 6) is 0.959. The van der Waals surface area contributed by atoms with Crippen LogP contribution in [0.25, 0.3) is 0 Å². The largest absolute Gasteiger partial charge is 0.357 e. The zero-order valence-corrected chi connectivity index (χ0v) is 19.7. The molecule has 0 aliphatic carbocycles. The number of benzene rings is 1. The Morgan fingerprint density at radius 2 is 2.00 bits per heavy atom. The first-order chi connectivity index (χ1) is 12.4. The summed E-state index contributed by atoms with van der Waals surface area (Å²) < 4.78 is 22.4. The second-order valence-electron chi connectivity index (χ2n) is 7.09. The van der Waals surface area contributed by atoms with E-state index in [-0.39, 0.29) is 29.7 Å². The number of halogens is 1. The van der Waals surface area contributed by atoms with Gasteiger partial charge in [-0.1, -0.05) is 30.3 Å². The zero-order chi connectivity index (χ0) is 19.0. The normalized spacial score (nSPS) is 20.9. The smallest absolute Gasteiger partial charge is 0.191 e. The van der Waals surface area contributed by atoms with Crippen LogP contribution in [-0.4, -0.2) is 63.0 Å². The molecule has 27 heavy (non-hydrogen) atoms. The molecule has 0 radical (unpaired) electrons. The molecule has 2 N–H and O–H groups in total. The van der Waals surface area contributed by atoms with Gasteiger partial charge in [0.15, 0.2) is 5.96 Å². The Morgan fingerprint density at radius 3 is 2.63 bits per heavy atom. The molecule has 6 nitrogen and oxygen atoms in total. The molecule has 1 fully saturated rings. The molecule has 2 atom stereocenters. The van der Waals surface area contributed by atoms with Gasteiger partial charge < -0.3 is 10.6 Å². The third-order valence-electron chi connectivity index (χ3n) is 4.56. The fourth-order valence-electron chi connectivity index (χ4n) is 3.27. The number of aliphatic imine (C=N–C) groups is 1. The third kappa shape index (κ3) is 9.25. The fraction of sp³-hybridized carbons (Fsp3) is 0.632. The fourth-order valence-corrected chi connectivity index (χ4v) is 3.93. The number of guanidine groups is 1. The summed E-state index contributed by atoms with van der Waals surface area (Å²) in [4.78, 5) is 7.01. The van der Waals surface area contributed by atoms with E-state index < -0.39 is 9.84 Å². The highest BCUT2D eigenvalue weighted by Crippen LogP contribution is 2.20. The molecule has 8 heteroatoms. The maximum Gasteiger partial charge on any atom is 0.191 e. The van der Waals surface area contributed by atoms with E-state index >= 15 is 0 Å². The summed E-state index contributed by atoms with van der Waals surface area (Å²) in [6.07, 6.45) is 2.89. The molecule has 0 spiro atoms. The van der Waals surface area contributed by atoms with Gasteiger partial charge in [-0.25, -0.2) is 8.42 Å². The van der Waals surface area contributed by atoms with Crippen molar-refractivity contribution in [2.45, 2.75) is 45.3 Å². The van der Waals surface area contributed by atoms with E-state index in [2.05, 4.69) is 51.7 Å². The van der Waals surface area contributed by atoms with E-state index in [0.717, 1.165) is 32.0 Å². The number of rotatable bonds is 8. The Labute approximate surface area is 181 Å². The molecular formula is C19H33IN4O2S. The van der Waals surface area contributed by atoms with Gasteiger partial charge in [0, 0.05) is 44.5 Å². The Bertz CT molecular complexity index is 682. The number of hydrogen-bond acceptors (Lipinski definition) is 4. The Kier molecular flexibility index (Phi) is 10.6. The Morgan fingerprint density at radius 1 is 1.30 bits per heavy atom. The van der Waals surface area contributed by atoms with Crippen LogP contribution >= 0.6 is 24.0 Å². The van der Waals surface area contributed by atoms with Crippen molar-refractivity contribution >= 4 is 39.8 Å². The van der Waals surface area contributed by atoms with Gasteiger partial charge in [0.05, 0.1) is 5.75 Å². The average molecular weight is 508 g/mol. The minimum absolute atomic E-state index is 0. The second kappa shape index (κ2) is 11.9. The first-order valence-corrected chi connectivity index (χ1v) is 11.4. The quantitative estimate of drug-likeness (QED) is 0.244. The van der Waals surface area contributed by atoms with Crippen LogP contribution in [0, 0.1) is 0 Å². The van der Waals surface area contributed by atoms with Gasteiger partial charge in [-0.3, -0.25) is 9.89 Å². The predicted octanol–water partition coefficient (Wildman–Crippen LogP) is 2.26. The first-order valence-electron chi connectivity index (χ1n) is 9.38.